The Morgan fingerprint density at radius 2 is 2.00 bits per heavy atom. The average molecular weight is 304 g/mol. The number of nitrogens with two attached hydrogens (primary N) is 1. The van der Waals surface area contributed by atoms with Crippen LogP contribution in [0.1, 0.15) is 31.7 Å². The summed E-state index contributed by atoms with van der Waals surface area (Å²) in [6, 6.07) is 6.59. The van der Waals surface area contributed by atoms with E-state index >= 15 is 0 Å². The molecule has 118 valence electrons. The van der Waals surface area contributed by atoms with Gasteiger partial charge in [0, 0.05) is 18.5 Å². The van der Waals surface area contributed by atoms with E-state index in [0.29, 0.717) is 48.3 Å². The van der Waals surface area contributed by atoms with E-state index in [9.17, 15) is 4.39 Å². The number of rotatable bonds is 7. The number of hydrogen-bond acceptors (Lipinski definition) is 5. The molecule has 0 atom stereocenters. The number of nitrogen functional groups attached to an aromatic ring is 1. The summed E-state index contributed by atoms with van der Waals surface area (Å²) in [4.78, 5) is 8.64. The lowest BCUT2D eigenvalue weighted by atomic mass is 10.2. The molecule has 0 radical (unpaired) electrons. The highest BCUT2D eigenvalue weighted by atomic mass is 19.1. The lowest BCUT2D eigenvalue weighted by Gasteiger charge is -2.14. The monoisotopic (exact) mass is 304 g/mol. The average Bonchev–Trinajstić information content (AvgIpc) is 2.54. The van der Waals surface area contributed by atoms with E-state index in [1.807, 2.05) is 13.8 Å². The summed E-state index contributed by atoms with van der Waals surface area (Å²) in [6.07, 6.45) is 1.53. The van der Waals surface area contributed by atoms with Crippen LogP contribution in [-0.4, -0.2) is 16.6 Å². The standard InChI is InChI=1S/C16H21FN4O/c1-3-9-22-16-14(18)15(20-13(4-2)21-16)19-10-11-7-5-6-8-12(11)17/h5-8H,3-4,9-10,18H2,1-2H3,(H,19,20,21). The fourth-order valence-electron chi connectivity index (χ4n) is 1.92. The summed E-state index contributed by atoms with van der Waals surface area (Å²) in [6.45, 7) is 4.80. The maximum atomic E-state index is 13.7. The zero-order valence-electron chi connectivity index (χ0n) is 12.9. The number of aromatic nitrogens is 2. The molecule has 2 rings (SSSR count). The Hall–Kier alpha value is -2.37. The van der Waals surface area contributed by atoms with E-state index in [1.165, 1.54) is 6.07 Å². The minimum atomic E-state index is -0.263. The molecule has 1 aromatic carbocycles. The number of benzene rings is 1. The third-order valence-corrected chi connectivity index (χ3v) is 3.12. The Morgan fingerprint density at radius 3 is 2.68 bits per heavy atom. The van der Waals surface area contributed by atoms with Crippen molar-refractivity contribution in [3.63, 3.8) is 0 Å². The molecule has 2 aromatic rings. The predicted octanol–water partition coefficient (Wildman–Crippen LogP) is 3.16. The van der Waals surface area contributed by atoms with Crippen LogP contribution in [0, 0.1) is 5.82 Å². The molecule has 0 saturated carbocycles. The van der Waals surface area contributed by atoms with Gasteiger partial charge in [-0.05, 0) is 12.5 Å². The van der Waals surface area contributed by atoms with Crippen LogP contribution in [-0.2, 0) is 13.0 Å². The van der Waals surface area contributed by atoms with Gasteiger partial charge in [-0.1, -0.05) is 32.0 Å². The summed E-state index contributed by atoms with van der Waals surface area (Å²) >= 11 is 0. The first kappa shape index (κ1) is 16.0. The number of halogens is 1. The van der Waals surface area contributed by atoms with Crippen LogP contribution in [0.15, 0.2) is 24.3 Å². The first-order valence-corrected chi connectivity index (χ1v) is 7.42. The summed E-state index contributed by atoms with van der Waals surface area (Å²) in [5, 5.41) is 3.07. The van der Waals surface area contributed by atoms with E-state index < -0.39 is 0 Å². The normalized spacial score (nSPS) is 10.5. The maximum absolute atomic E-state index is 13.7. The van der Waals surface area contributed by atoms with Crippen LogP contribution in [0.5, 0.6) is 5.88 Å². The molecule has 22 heavy (non-hydrogen) atoms. The number of aryl methyl sites for hydroxylation is 1. The van der Waals surface area contributed by atoms with Gasteiger partial charge in [0.1, 0.15) is 17.3 Å². The minimum Gasteiger partial charge on any atom is -0.476 e. The highest BCUT2D eigenvalue weighted by molar-refractivity contribution is 5.67. The molecular weight excluding hydrogens is 283 g/mol. The summed E-state index contributed by atoms with van der Waals surface area (Å²) in [7, 11) is 0. The largest absolute Gasteiger partial charge is 0.476 e. The molecule has 0 aliphatic carbocycles. The zero-order chi connectivity index (χ0) is 15.9. The molecule has 6 heteroatoms. The zero-order valence-corrected chi connectivity index (χ0v) is 12.9. The molecule has 0 saturated heterocycles. The van der Waals surface area contributed by atoms with Crippen molar-refractivity contribution in [3.05, 3.63) is 41.5 Å². The molecule has 5 nitrogen and oxygen atoms in total. The van der Waals surface area contributed by atoms with Crippen molar-refractivity contribution in [2.24, 2.45) is 0 Å². The van der Waals surface area contributed by atoms with Crippen LogP contribution in [0.2, 0.25) is 0 Å². The quantitative estimate of drug-likeness (QED) is 0.822. The van der Waals surface area contributed by atoms with Crippen molar-refractivity contribution >= 4 is 11.5 Å². The van der Waals surface area contributed by atoms with Gasteiger partial charge in [0.15, 0.2) is 5.82 Å². The second-order valence-electron chi connectivity index (χ2n) is 4.85. The van der Waals surface area contributed by atoms with Crippen LogP contribution in [0.4, 0.5) is 15.9 Å². The lowest BCUT2D eigenvalue weighted by molar-refractivity contribution is 0.305. The molecule has 0 aliphatic heterocycles. The molecule has 0 bridgehead atoms. The Labute approximate surface area is 129 Å². The molecule has 0 amide bonds. The molecule has 0 unspecified atom stereocenters. The van der Waals surface area contributed by atoms with Gasteiger partial charge < -0.3 is 15.8 Å². The Morgan fingerprint density at radius 1 is 1.23 bits per heavy atom. The number of anilines is 2. The van der Waals surface area contributed by atoms with Gasteiger partial charge in [0.05, 0.1) is 6.61 Å². The molecular formula is C16H21FN4O. The number of ether oxygens (including phenoxy) is 1. The fourth-order valence-corrected chi connectivity index (χ4v) is 1.92. The second-order valence-corrected chi connectivity index (χ2v) is 4.85. The fraction of sp³-hybridized carbons (Fsp3) is 0.375. The highest BCUT2D eigenvalue weighted by Crippen LogP contribution is 2.27. The first-order valence-electron chi connectivity index (χ1n) is 7.42. The van der Waals surface area contributed by atoms with E-state index in [0.717, 1.165) is 6.42 Å². The highest BCUT2D eigenvalue weighted by Gasteiger charge is 2.13. The summed E-state index contributed by atoms with van der Waals surface area (Å²) in [5.74, 6) is 1.23. The topological polar surface area (TPSA) is 73.1 Å². The molecule has 1 heterocycles. The van der Waals surface area contributed by atoms with Gasteiger partial charge in [-0.2, -0.15) is 4.98 Å². The first-order chi connectivity index (χ1) is 10.7. The number of hydrogen-bond donors (Lipinski definition) is 2. The van der Waals surface area contributed by atoms with Gasteiger partial charge in [-0.15, -0.1) is 0 Å². The van der Waals surface area contributed by atoms with Crippen molar-refractivity contribution in [2.75, 3.05) is 17.7 Å². The second kappa shape index (κ2) is 7.59. The third kappa shape index (κ3) is 3.84. The van der Waals surface area contributed by atoms with Crippen molar-refractivity contribution in [3.8, 4) is 5.88 Å². The van der Waals surface area contributed by atoms with Gasteiger partial charge in [0.2, 0.25) is 5.88 Å². The van der Waals surface area contributed by atoms with Crippen LogP contribution in [0.25, 0.3) is 0 Å². The Bertz CT molecular complexity index is 634. The molecule has 3 N–H and O–H groups in total. The van der Waals surface area contributed by atoms with Crippen molar-refractivity contribution in [2.45, 2.75) is 33.2 Å². The Balaban J connectivity index is 2.20. The lowest BCUT2D eigenvalue weighted by Crippen LogP contribution is -2.11. The number of nitrogens with one attached hydrogen (secondary N) is 1. The molecule has 1 aromatic heterocycles. The number of nitrogens with zero attached hydrogens (tertiary/aromatic N) is 2. The van der Waals surface area contributed by atoms with E-state index in [2.05, 4.69) is 15.3 Å². The van der Waals surface area contributed by atoms with E-state index in [1.54, 1.807) is 18.2 Å². The van der Waals surface area contributed by atoms with Gasteiger partial charge in [-0.3, -0.25) is 0 Å². The minimum absolute atomic E-state index is 0.263. The third-order valence-electron chi connectivity index (χ3n) is 3.12. The van der Waals surface area contributed by atoms with Gasteiger partial charge >= 0.3 is 0 Å². The SMILES string of the molecule is CCCOc1nc(CC)nc(NCc2ccccc2F)c1N. The summed E-state index contributed by atoms with van der Waals surface area (Å²) in [5.41, 5.74) is 6.94. The van der Waals surface area contributed by atoms with Crippen molar-refractivity contribution in [1.29, 1.82) is 0 Å². The summed E-state index contributed by atoms with van der Waals surface area (Å²) < 4.78 is 19.2. The van der Waals surface area contributed by atoms with Gasteiger partial charge in [-0.25, -0.2) is 9.37 Å². The van der Waals surface area contributed by atoms with Crippen LogP contribution in [0.3, 0.4) is 0 Å². The van der Waals surface area contributed by atoms with E-state index in [-0.39, 0.29) is 5.82 Å². The van der Waals surface area contributed by atoms with Crippen LogP contribution < -0.4 is 15.8 Å². The predicted molar refractivity (Wildman–Crippen MR) is 85.3 cm³/mol. The smallest absolute Gasteiger partial charge is 0.242 e. The Kier molecular flexibility index (Phi) is 5.52. The maximum Gasteiger partial charge on any atom is 0.242 e. The van der Waals surface area contributed by atoms with E-state index in [4.69, 9.17) is 10.5 Å². The van der Waals surface area contributed by atoms with Crippen LogP contribution >= 0.6 is 0 Å². The molecule has 0 fully saturated rings. The molecule has 0 aliphatic rings. The molecule has 0 spiro atoms. The van der Waals surface area contributed by atoms with Gasteiger partial charge in [0.25, 0.3) is 0 Å². The van der Waals surface area contributed by atoms with Crippen molar-refractivity contribution < 1.29 is 9.13 Å². The van der Waals surface area contributed by atoms with Crippen molar-refractivity contribution in [1.82, 2.24) is 9.97 Å².